The van der Waals surface area contributed by atoms with Gasteiger partial charge in [-0.3, -0.25) is 4.90 Å². The van der Waals surface area contributed by atoms with Crippen LogP contribution in [-0.2, 0) is 0 Å². The van der Waals surface area contributed by atoms with Gasteiger partial charge < -0.3 is 0 Å². The number of hydrogen-bond acceptors (Lipinski definition) is 1. The van der Waals surface area contributed by atoms with Crippen molar-refractivity contribution < 1.29 is 0 Å². The zero-order valence-corrected chi connectivity index (χ0v) is 9.48. The predicted octanol–water partition coefficient (Wildman–Crippen LogP) is 6.48. The maximum atomic E-state index is 2.58. The molecular formula is C16H45N. The first kappa shape index (κ1) is 36.0. The van der Waals surface area contributed by atoms with E-state index < -0.39 is 0 Å². The molecule has 0 spiro atoms. The topological polar surface area (TPSA) is 3.24 Å². The second kappa shape index (κ2) is 18.3. The molecule has 0 aromatic heterocycles. The van der Waals surface area contributed by atoms with Crippen molar-refractivity contribution in [2.75, 3.05) is 13.1 Å². The first-order valence-corrected chi connectivity index (χ1v) is 5.36. The molecule has 1 saturated heterocycles. The van der Waals surface area contributed by atoms with E-state index in [1.807, 2.05) is 13.8 Å². The summed E-state index contributed by atoms with van der Waals surface area (Å²) in [5.41, 5.74) is 0.403. The SMILES string of the molecule is C.C.C.C.C.CC.CC(C)(C)N1CCCCC1. The van der Waals surface area contributed by atoms with E-state index in [2.05, 4.69) is 25.7 Å². The Labute approximate surface area is 115 Å². The monoisotopic (exact) mass is 251 g/mol. The van der Waals surface area contributed by atoms with Crippen LogP contribution in [0.5, 0.6) is 0 Å². The van der Waals surface area contributed by atoms with Gasteiger partial charge in [0.05, 0.1) is 0 Å². The van der Waals surface area contributed by atoms with E-state index in [1.54, 1.807) is 0 Å². The van der Waals surface area contributed by atoms with E-state index in [4.69, 9.17) is 0 Å². The molecule has 1 nitrogen and oxygen atoms in total. The van der Waals surface area contributed by atoms with Crippen molar-refractivity contribution in [1.82, 2.24) is 4.90 Å². The van der Waals surface area contributed by atoms with Crippen LogP contribution >= 0.6 is 0 Å². The third kappa shape index (κ3) is 16.0. The molecule has 1 heterocycles. The number of likely N-dealkylation sites (tertiary alicyclic amines) is 1. The standard InChI is InChI=1S/C9H19N.C2H6.5CH4/c1-9(2,3)10-7-5-4-6-8-10;1-2;;;;;/h4-8H2,1-3H3;1-2H3;5*1H4. The highest BCUT2D eigenvalue weighted by Crippen LogP contribution is 2.18. The van der Waals surface area contributed by atoms with Crippen LogP contribution < -0.4 is 0 Å². The van der Waals surface area contributed by atoms with Gasteiger partial charge in [0.15, 0.2) is 0 Å². The molecular weight excluding hydrogens is 206 g/mol. The smallest absolute Gasteiger partial charge is 0.0125 e. The highest BCUT2D eigenvalue weighted by atomic mass is 15.2. The van der Waals surface area contributed by atoms with Crippen LogP contribution in [0.1, 0.15) is 91.0 Å². The average molecular weight is 252 g/mol. The molecule has 0 saturated carbocycles. The van der Waals surface area contributed by atoms with Gasteiger partial charge in [-0.15, -0.1) is 0 Å². The fourth-order valence-electron chi connectivity index (χ4n) is 1.56. The Morgan fingerprint density at radius 3 is 1.12 bits per heavy atom. The summed E-state index contributed by atoms with van der Waals surface area (Å²) in [5, 5.41) is 0. The average Bonchev–Trinajstić information content (AvgIpc) is 2.08. The van der Waals surface area contributed by atoms with Gasteiger partial charge in [0, 0.05) is 5.54 Å². The van der Waals surface area contributed by atoms with Crippen LogP contribution in [0.2, 0.25) is 0 Å². The minimum absolute atomic E-state index is 0. The molecule has 1 rings (SSSR count). The van der Waals surface area contributed by atoms with Crippen molar-refractivity contribution in [3.8, 4) is 0 Å². The zero-order chi connectivity index (χ0) is 9.61. The highest BCUT2D eigenvalue weighted by Gasteiger charge is 2.21. The van der Waals surface area contributed by atoms with Crippen molar-refractivity contribution in [3.05, 3.63) is 0 Å². The molecule has 0 aliphatic carbocycles. The summed E-state index contributed by atoms with van der Waals surface area (Å²) < 4.78 is 0. The minimum Gasteiger partial charge on any atom is -0.298 e. The summed E-state index contributed by atoms with van der Waals surface area (Å²) in [6.45, 7) is 13.5. The first-order chi connectivity index (χ1) is 5.61. The molecule has 0 atom stereocenters. The van der Waals surface area contributed by atoms with Crippen LogP contribution in [0.3, 0.4) is 0 Å². The van der Waals surface area contributed by atoms with E-state index in [0.717, 1.165) is 0 Å². The van der Waals surface area contributed by atoms with Gasteiger partial charge >= 0.3 is 0 Å². The third-order valence-corrected chi connectivity index (χ3v) is 2.30. The van der Waals surface area contributed by atoms with Gasteiger partial charge in [-0.2, -0.15) is 0 Å². The summed E-state index contributed by atoms with van der Waals surface area (Å²) in [4.78, 5) is 2.58. The Hall–Kier alpha value is -0.0400. The molecule has 0 aromatic rings. The number of hydrogen-bond donors (Lipinski definition) is 0. The summed E-state index contributed by atoms with van der Waals surface area (Å²) in [5.74, 6) is 0. The summed E-state index contributed by atoms with van der Waals surface area (Å²) in [6.07, 6.45) is 4.24. The van der Waals surface area contributed by atoms with Gasteiger partial charge in [0.25, 0.3) is 0 Å². The quantitative estimate of drug-likeness (QED) is 0.476. The van der Waals surface area contributed by atoms with Gasteiger partial charge in [-0.1, -0.05) is 57.4 Å². The Balaban J connectivity index is -0.0000000411. The van der Waals surface area contributed by atoms with E-state index in [9.17, 15) is 0 Å². The lowest BCUT2D eigenvalue weighted by atomic mass is 10.0. The molecule has 1 heteroatoms. The fraction of sp³-hybridized carbons (Fsp3) is 1.00. The lowest BCUT2D eigenvalue weighted by Crippen LogP contribution is -2.44. The maximum Gasteiger partial charge on any atom is 0.0125 e. The molecule has 0 radical (unpaired) electrons. The zero-order valence-electron chi connectivity index (χ0n) is 9.48. The third-order valence-electron chi connectivity index (χ3n) is 2.30. The molecule has 0 aromatic carbocycles. The number of piperidine rings is 1. The van der Waals surface area contributed by atoms with E-state index in [-0.39, 0.29) is 37.1 Å². The lowest BCUT2D eigenvalue weighted by molar-refractivity contribution is 0.111. The van der Waals surface area contributed by atoms with Crippen molar-refractivity contribution in [3.63, 3.8) is 0 Å². The molecule has 0 bridgehead atoms. The molecule has 17 heavy (non-hydrogen) atoms. The molecule has 1 aliphatic rings. The summed E-state index contributed by atoms with van der Waals surface area (Å²) >= 11 is 0. The van der Waals surface area contributed by atoms with Crippen LogP contribution in [0.15, 0.2) is 0 Å². The normalized spacial score (nSPS) is 13.9. The molecule has 1 aliphatic heterocycles. The minimum atomic E-state index is 0. The van der Waals surface area contributed by atoms with Crippen LogP contribution in [0.4, 0.5) is 0 Å². The Kier molecular flexibility index (Phi) is 38.8. The predicted molar refractivity (Wildman–Crippen MR) is 90.2 cm³/mol. The first-order valence-electron chi connectivity index (χ1n) is 5.36. The Morgan fingerprint density at radius 2 is 0.941 bits per heavy atom. The van der Waals surface area contributed by atoms with Gasteiger partial charge in [-0.05, 0) is 46.7 Å². The Morgan fingerprint density at radius 1 is 0.647 bits per heavy atom. The molecule has 0 N–H and O–H groups in total. The fourth-order valence-corrected chi connectivity index (χ4v) is 1.56. The van der Waals surface area contributed by atoms with Crippen LogP contribution in [0, 0.1) is 0 Å². The Bertz CT molecular complexity index is 96.6. The van der Waals surface area contributed by atoms with E-state index in [1.165, 1.54) is 32.4 Å². The molecule has 0 amide bonds. The largest absolute Gasteiger partial charge is 0.298 e. The summed E-state index contributed by atoms with van der Waals surface area (Å²) in [6, 6.07) is 0. The van der Waals surface area contributed by atoms with E-state index >= 15 is 0 Å². The molecule has 114 valence electrons. The van der Waals surface area contributed by atoms with Crippen LogP contribution in [-0.4, -0.2) is 23.5 Å². The van der Waals surface area contributed by atoms with Crippen LogP contribution in [0.25, 0.3) is 0 Å². The lowest BCUT2D eigenvalue weighted by Gasteiger charge is -2.38. The van der Waals surface area contributed by atoms with Crippen molar-refractivity contribution in [2.45, 2.75) is 96.6 Å². The van der Waals surface area contributed by atoms with Crippen molar-refractivity contribution in [1.29, 1.82) is 0 Å². The molecule has 0 unspecified atom stereocenters. The van der Waals surface area contributed by atoms with E-state index in [0.29, 0.717) is 5.54 Å². The summed E-state index contributed by atoms with van der Waals surface area (Å²) in [7, 11) is 0. The number of rotatable bonds is 0. The second-order valence-corrected chi connectivity index (χ2v) is 4.22. The highest BCUT2D eigenvalue weighted by molar-refractivity contribution is 4.78. The maximum absolute atomic E-state index is 2.58. The second-order valence-electron chi connectivity index (χ2n) is 4.22. The van der Waals surface area contributed by atoms with Crippen molar-refractivity contribution in [2.24, 2.45) is 0 Å². The number of nitrogens with zero attached hydrogens (tertiary/aromatic N) is 1. The molecule has 1 fully saturated rings. The van der Waals surface area contributed by atoms with Gasteiger partial charge in [0.2, 0.25) is 0 Å². The van der Waals surface area contributed by atoms with Gasteiger partial charge in [-0.25, -0.2) is 0 Å². The van der Waals surface area contributed by atoms with Crippen molar-refractivity contribution >= 4 is 0 Å². The van der Waals surface area contributed by atoms with Gasteiger partial charge in [0.1, 0.15) is 0 Å².